The van der Waals surface area contributed by atoms with E-state index in [9.17, 15) is 4.79 Å². The molecule has 0 saturated heterocycles. The first-order chi connectivity index (χ1) is 13.9. The third kappa shape index (κ3) is 5.23. The fraction of sp³-hybridized carbons (Fsp3) is 0.250. The number of hydrogen-bond donors (Lipinski definition) is 1. The van der Waals surface area contributed by atoms with Crippen LogP contribution in [-0.4, -0.2) is 40.5 Å². The highest BCUT2D eigenvalue weighted by Gasteiger charge is 2.15. The molecule has 0 unspecified atom stereocenters. The van der Waals surface area contributed by atoms with Gasteiger partial charge >= 0.3 is 0 Å². The molecule has 0 aliphatic carbocycles. The summed E-state index contributed by atoms with van der Waals surface area (Å²) in [6.45, 7) is 2.73. The van der Waals surface area contributed by atoms with Gasteiger partial charge in [0, 0.05) is 37.6 Å². The molecular weight excluding hydrogens is 429 g/mol. The van der Waals surface area contributed by atoms with Crippen molar-refractivity contribution in [3.05, 3.63) is 52.5 Å². The third-order valence-corrected chi connectivity index (χ3v) is 5.92. The van der Waals surface area contributed by atoms with Crippen LogP contribution in [-0.2, 0) is 11.3 Å². The maximum Gasteiger partial charge on any atom is 0.234 e. The van der Waals surface area contributed by atoms with E-state index in [1.807, 2.05) is 54.8 Å². The molecule has 6 nitrogen and oxygen atoms in total. The monoisotopic (exact) mass is 449 g/mol. The Labute approximate surface area is 184 Å². The number of nitrogens with zero attached hydrogens (tertiary/aromatic N) is 4. The summed E-state index contributed by atoms with van der Waals surface area (Å²) in [5, 5.41) is 12.9. The van der Waals surface area contributed by atoms with Gasteiger partial charge in [-0.25, -0.2) is 0 Å². The highest BCUT2D eigenvalue weighted by molar-refractivity contribution is 7.99. The molecule has 0 spiro atoms. The molecule has 29 heavy (non-hydrogen) atoms. The van der Waals surface area contributed by atoms with Crippen molar-refractivity contribution in [2.45, 2.75) is 18.6 Å². The van der Waals surface area contributed by atoms with Gasteiger partial charge in [-0.15, -0.1) is 10.2 Å². The van der Waals surface area contributed by atoms with Crippen LogP contribution in [0.3, 0.4) is 0 Å². The second kappa shape index (κ2) is 9.52. The maximum absolute atomic E-state index is 12.3. The molecular formula is C20H21Cl2N5OS. The van der Waals surface area contributed by atoms with Crippen molar-refractivity contribution in [1.82, 2.24) is 14.8 Å². The second-order valence-corrected chi connectivity index (χ2v) is 8.21. The molecule has 152 valence electrons. The molecule has 0 radical (unpaired) electrons. The van der Waals surface area contributed by atoms with E-state index >= 15 is 0 Å². The Hall–Kier alpha value is -2.22. The summed E-state index contributed by atoms with van der Waals surface area (Å²) in [4.78, 5) is 14.3. The van der Waals surface area contributed by atoms with Gasteiger partial charge in [0.05, 0.1) is 15.8 Å². The van der Waals surface area contributed by atoms with Crippen molar-refractivity contribution < 1.29 is 4.79 Å². The number of hydrogen-bond acceptors (Lipinski definition) is 5. The number of aromatic nitrogens is 3. The lowest BCUT2D eigenvalue weighted by molar-refractivity contribution is -0.113. The maximum atomic E-state index is 12.3. The van der Waals surface area contributed by atoms with Gasteiger partial charge in [-0.2, -0.15) is 0 Å². The molecule has 0 bridgehead atoms. The van der Waals surface area contributed by atoms with Gasteiger partial charge in [-0.3, -0.25) is 4.79 Å². The summed E-state index contributed by atoms with van der Waals surface area (Å²) in [5.41, 5.74) is 2.70. The van der Waals surface area contributed by atoms with Gasteiger partial charge in [0.2, 0.25) is 5.91 Å². The average molecular weight is 450 g/mol. The van der Waals surface area contributed by atoms with Crippen molar-refractivity contribution in [3.63, 3.8) is 0 Å². The van der Waals surface area contributed by atoms with E-state index in [1.165, 1.54) is 11.8 Å². The topological polar surface area (TPSA) is 63.1 Å². The number of rotatable bonds is 7. The van der Waals surface area contributed by atoms with Crippen LogP contribution in [0.15, 0.2) is 47.6 Å². The summed E-state index contributed by atoms with van der Waals surface area (Å²) < 4.78 is 2.00. The summed E-state index contributed by atoms with van der Waals surface area (Å²) in [6, 6.07) is 13.1. The van der Waals surface area contributed by atoms with Crippen molar-refractivity contribution in [3.8, 4) is 11.4 Å². The Morgan fingerprint density at radius 2 is 1.83 bits per heavy atom. The van der Waals surface area contributed by atoms with Crippen LogP contribution in [0.5, 0.6) is 0 Å². The Morgan fingerprint density at radius 1 is 1.10 bits per heavy atom. The van der Waals surface area contributed by atoms with Crippen molar-refractivity contribution in [2.75, 3.05) is 30.1 Å². The number of anilines is 2. The Balaban J connectivity index is 1.68. The third-order valence-electron chi connectivity index (χ3n) is 4.21. The minimum Gasteiger partial charge on any atom is -0.378 e. The van der Waals surface area contributed by atoms with Crippen LogP contribution in [0.25, 0.3) is 11.4 Å². The van der Waals surface area contributed by atoms with Gasteiger partial charge in [-0.05, 0) is 49.4 Å². The number of carbonyl (C=O) groups excluding carboxylic acids is 1. The summed E-state index contributed by atoms with van der Waals surface area (Å²) >= 11 is 13.2. The van der Waals surface area contributed by atoms with Crippen LogP contribution in [0, 0.1) is 0 Å². The van der Waals surface area contributed by atoms with E-state index in [1.54, 1.807) is 18.2 Å². The molecule has 1 heterocycles. The summed E-state index contributed by atoms with van der Waals surface area (Å²) in [7, 11) is 4.00. The highest BCUT2D eigenvalue weighted by atomic mass is 35.5. The van der Waals surface area contributed by atoms with E-state index in [0.29, 0.717) is 27.4 Å². The zero-order valence-corrected chi connectivity index (χ0v) is 18.6. The molecule has 0 atom stereocenters. The first-order valence-corrected chi connectivity index (χ1v) is 10.7. The Bertz CT molecular complexity index is 1000. The number of benzene rings is 2. The molecule has 1 amide bonds. The predicted octanol–water partition coefficient (Wildman–Crippen LogP) is 5.07. The number of carbonyl (C=O) groups is 1. The molecule has 9 heteroatoms. The van der Waals surface area contributed by atoms with E-state index in [0.717, 1.165) is 17.1 Å². The average Bonchev–Trinajstić information content (AvgIpc) is 3.12. The fourth-order valence-corrected chi connectivity index (χ4v) is 3.80. The van der Waals surface area contributed by atoms with Crippen molar-refractivity contribution in [2.24, 2.45) is 0 Å². The number of halogens is 2. The SMILES string of the molecule is CCn1c(SCC(=O)Nc2ccc(Cl)c(Cl)c2)nnc1-c1ccc(N(C)C)cc1. The molecule has 0 fully saturated rings. The van der Waals surface area contributed by atoms with E-state index in [2.05, 4.69) is 15.5 Å². The van der Waals surface area contributed by atoms with Crippen LogP contribution in [0.1, 0.15) is 6.92 Å². The lowest BCUT2D eigenvalue weighted by Gasteiger charge is -2.13. The molecule has 1 aromatic heterocycles. The zero-order valence-electron chi connectivity index (χ0n) is 16.3. The zero-order chi connectivity index (χ0) is 21.0. The highest BCUT2D eigenvalue weighted by Crippen LogP contribution is 2.27. The Kier molecular flexibility index (Phi) is 7.05. The van der Waals surface area contributed by atoms with Crippen LogP contribution < -0.4 is 10.2 Å². The fourth-order valence-electron chi connectivity index (χ4n) is 2.70. The molecule has 2 aromatic carbocycles. The largest absolute Gasteiger partial charge is 0.378 e. The standard InChI is InChI=1S/C20H21Cl2N5OS/c1-4-27-19(13-5-8-15(9-6-13)26(2)3)24-25-20(27)29-12-18(28)23-14-7-10-16(21)17(22)11-14/h5-11H,4,12H2,1-3H3,(H,23,28). The first kappa shape index (κ1) is 21.5. The lowest BCUT2D eigenvalue weighted by Crippen LogP contribution is -2.14. The molecule has 0 aliphatic heterocycles. The minimum absolute atomic E-state index is 0.157. The van der Waals surface area contributed by atoms with E-state index in [4.69, 9.17) is 23.2 Å². The number of thioether (sulfide) groups is 1. The van der Waals surface area contributed by atoms with Gasteiger partial charge in [-0.1, -0.05) is 35.0 Å². The molecule has 1 N–H and O–H groups in total. The number of amides is 1. The number of nitrogens with one attached hydrogen (secondary N) is 1. The van der Waals surface area contributed by atoms with Crippen LogP contribution >= 0.6 is 35.0 Å². The molecule has 3 aromatic rings. The summed E-state index contributed by atoms with van der Waals surface area (Å²) in [6.07, 6.45) is 0. The molecule has 3 rings (SSSR count). The molecule has 0 saturated carbocycles. The quantitative estimate of drug-likeness (QED) is 0.510. The predicted molar refractivity (Wildman–Crippen MR) is 121 cm³/mol. The first-order valence-electron chi connectivity index (χ1n) is 8.97. The lowest BCUT2D eigenvalue weighted by atomic mass is 10.2. The normalized spacial score (nSPS) is 10.8. The second-order valence-electron chi connectivity index (χ2n) is 6.46. The summed E-state index contributed by atoms with van der Waals surface area (Å²) in [5.74, 6) is 0.832. The van der Waals surface area contributed by atoms with Gasteiger partial charge < -0.3 is 14.8 Å². The van der Waals surface area contributed by atoms with Gasteiger partial charge in [0.25, 0.3) is 0 Å². The minimum atomic E-state index is -0.157. The van der Waals surface area contributed by atoms with Crippen molar-refractivity contribution >= 4 is 52.2 Å². The van der Waals surface area contributed by atoms with Gasteiger partial charge in [0.1, 0.15) is 0 Å². The Morgan fingerprint density at radius 3 is 2.45 bits per heavy atom. The van der Waals surface area contributed by atoms with E-state index < -0.39 is 0 Å². The van der Waals surface area contributed by atoms with Crippen LogP contribution in [0.2, 0.25) is 10.0 Å². The smallest absolute Gasteiger partial charge is 0.234 e. The van der Waals surface area contributed by atoms with Crippen LogP contribution in [0.4, 0.5) is 11.4 Å². The molecule has 0 aliphatic rings. The van der Waals surface area contributed by atoms with Crippen molar-refractivity contribution in [1.29, 1.82) is 0 Å². The van der Waals surface area contributed by atoms with E-state index in [-0.39, 0.29) is 11.7 Å². The van der Waals surface area contributed by atoms with Gasteiger partial charge in [0.15, 0.2) is 11.0 Å².